The normalized spacial score (nSPS) is 10.2. The summed E-state index contributed by atoms with van der Waals surface area (Å²) in [6.07, 6.45) is 3.82. The fourth-order valence-electron chi connectivity index (χ4n) is 1.78. The van der Waals surface area contributed by atoms with Gasteiger partial charge in [-0.15, -0.1) is 0 Å². The Kier molecular flexibility index (Phi) is 4.23. The van der Waals surface area contributed by atoms with Crippen molar-refractivity contribution >= 4 is 5.91 Å². The molecule has 3 nitrogen and oxygen atoms in total. The molecule has 0 atom stereocenters. The van der Waals surface area contributed by atoms with Crippen LogP contribution in [0.5, 0.6) is 0 Å². The molecule has 0 radical (unpaired) electrons. The lowest BCUT2D eigenvalue weighted by molar-refractivity contribution is 0.0954. The lowest BCUT2D eigenvalue weighted by Gasteiger charge is -2.06. The van der Waals surface area contributed by atoms with Gasteiger partial charge in [0, 0.05) is 18.9 Å². The van der Waals surface area contributed by atoms with Crippen molar-refractivity contribution in [1.29, 1.82) is 0 Å². The second-order valence-corrected chi connectivity index (χ2v) is 4.33. The highest BCUT2D eigenvalue weighted by Gasteiger charge is 2.04. The summed E-state index contributed by atoms with van der Waals surface area (Å²) in [5.41, 5.74) is 2.17. The number of nitrogens with zero attached hydrogens (tertiary/aromatic N) is 1. The second kappa shape index (κ2) is 6.09. The maximum atomic E-state index is 13.1. The van der Waals surface area contributed by atoms with Crippen LogP contribution in [0, 0.1) is 12.7 Å². The number of hydrogen-bond acceptors (Lipinski definition) is 2. The Morgan fingerprint density at radius 3 is 2.89 bits per heavy atom. The van der Waals surface area contributed by atoms with E-state index in [1.165, 1.54) is 12.3 Å². The van der Waals surface area contributed by atoms with E-state index in [1.807, 2.05) is 0 Å². The molecule has 0 saturated heterocycles. The third-order valence-electron chi connectivity index (χ3n) is 2.85. The zero-order valence-electron chi connectivity index (χ0n) is 10.7. The molecule has 19 heavy (non-hydrogen) atoms. The summed E-state index contributed by atoms with van der Waals surface area (Å²) in [6.45, 7) is 2.24. The largest absolute Gasteiger partial charge is 0.352 e. The zero-order chi connectivity index (χ0) is 13.7. The fourth-order valence-corrected chi connectivity index (χ4v) is 1.78. The molecule has 98 valence electrons. The second-order valence-electron chi connectivity index (χ2n) is 4.33. The highest BCUT2D eigenvalue weighted by molar-refractivity contribution is 5.93. The summed E-state index contributed by atoms with van der Waals surface area (Å²) in [4.78, 5) is 15.6. The molecule has 4 heteroatoms. The van der Waals surface area contributed by atoms with Crippen LogP contribution in [0.1, 0.15) is 21.5 Å². The molecule has 0 aliphatic heterocycles. The van der Waals surface area contributed by atoms with Crippen LogP contribution in [-0.2, 0) is 6.42 Å². The molecular weight excluding hydrogens is 243 g/mol. The molecule has 0 fully saturated rings. The standard InChI is InChI=1S/C15H15FN2O/c1-11-9-12(4-5-14(11)16)6-8-18-15(19)13-3-2-7-17-10-13/h2-5,7,9-10H,6,8H2,1H3,(H,18,19). The highest BCUT2D eigenvalue weighted by atomic mass is 19.1. The minimum atomic E-state index is -0.205. The van der Waals surface area contributed by atoms with Crippen molar-refractivity contribution < 1.29 is 9.18 Å². The number of aryl methyl sites for hydroxylation is 1. The predicted molar refractivity (Wildman–Crippen MR) is 71.4 cm³/mol. The van der Waals surface area contributed by atoms with Crippen LogP contribution in [-0.4, -0.2) is 17.4 Å². The van der Waals surface area contributed by atoms with Crippen LogP contribution < -0.4 is 5.32 Å². The number of aromatic nitrogens is 1. The smallest absolute Gasteiger partial charge is 0.252 e. The van der Waals surface area contributed by atoms with Crippen molar-refractivity contribution in [1.82, 2.24) is 10.3 Å². The van der Waals surface area contributed by atoms with E-state index in [1.54, 1.807) is 37.4 Å². The van der Waals surface area contributed by atoms with Gasteiger partial charge >= 0.3 is 0 Å². The van der Waals surface area contributed by atoms with E-state index in [2.05, 4.69) is 10.3 Å². The maximum Gasteiger partial charge on any atom is 0.252 e. The van der Waals surface area contributed by atoms with E-state index in [9.17, 15) is 9.18 Å². The van der Waals surface area contributed by atoms with Gasteiger partial charge in [-0.1, -0.05) is 12.1 Å². The molecule has 1 amide bonds. The third-order valence-corrected chi connectivity index (χ3v) is 2.85. The Labute approximate surface area is 111 Å². The number of hydrogen-bond donors (Lipinski definition) is 1. The van der Waals surface area contributed by atoms with Gasteiger partial charge in [-0.05, 0) is 42.7 Å². The van der Waals surface area contributed by atoms with Crippen LogP contribution in [0.15, 0.2) is 42.7 Å². The van der Waals surface area contributed by atoms with Crippen LogP contribution in [0.25, 0.3) is 0 Å². The maximum absolute atomic E-state index is 13.1. The highest BCUT2D eigenvalue weighted by Crippen LogP contribution is 2.09. The van der Waals surface area contributed by atoms with Crippen LogP contribution >= 0.6 is 0 Å². The molecule has 0 saturated carbocycles. The van der Waals surface area contributed by atoms with Gasteiger partial charge in [0.25, 0.3) is 5.91 Å². The summed E-state index contributed by atoms with van der Waals surface area (Å²) in [5, 5.41) is 2.81. The topological polar surface area (TPSA) is 42.0 Å². The van der Waals surface area contributed by atoms with Crippen molar-refractivity contribution in [3.8, 4) is 0 Å². The van der Waals surface area contributed by atoms with Crippen molar-refractivity contribution in [2.24, 2.45) is 0 Å². The molecule has 1 N–H and O–H groups in total. The molecule has 0 aliphatic carbocycles. The zero-order valence-corrected chi connectivity index (χ0v) is 10.7. The number of benzene rings is 1. The van der Waals surface area contributed by atoms with Crippen LogP contribution in [0.4, 0.5) is 4.39 Å². The van der Waals surface area contributed by atoms with Gasteiger partial charge in [0.2, 0.25) is 0 Å². The van der Waals surface area contributed by atoms with Crippen LogP contribution in [0.3, 0.4) is 0 Å². The monoisotopic (exact) mass is 258 g/mol. The van der Waals surface area contributed by atoms with Gasteiger partial charge in [0.05, 0.1) is 5.56 Å². The Bertz CT molecular complexity index is 570. The average molecular weight is 258 g/mol. The van der Waals surface area contributed by atoms with Gasteiger partial charge in [-0.3, -0.25) is 9.78 Å². The summed E-state index contributed by atoms with van der Waals surface area (Å²) >= 11 is 0. The molecule has 0 bridgehead atoms. The Hall–Kier alpha value is -2.23. The number of pyridine rings is 1. The van der Waals surface area contributed by atoms with Gasteiger partial charge in [-0.2, -0.15) is 0 Å². The summed E-state index contributed by atoms with van der Waals surface area (Å²) in [5.74, 6) is -0.352. The quantitative estimate of drug-likeness (QED) is 0.915. The Morgan fingerprint density at radius 1 is 1.37 bits per heavy atom. The van der Waals surface area contributed by atoms with E-state index in [0.29, 0.717) is 24.1 Å². The van der Waals surface area contributed by atoms with Gasteiger partial charge in [0.1, 0.15) is 5.82 Å². The van der Waals surface area contributed by atoms with Crippen molar-refractivity contribution in [3.63, 3.8) is 0 Å². The molecule has 1 heterocycles. The number of amides is 1. The van der Waals surface area contributed by atoms with Crippen molar-refractivity contribution in [2.45, 2.75) is 13.3 Å². The first-order chi connectivity index (χ1) is 9.16. The van der Waals surface area contributed by atoms with Gasteiger partial charge < -0.3 is 5.32 Å². The predicted octanol–water partition coefficient (Wildman–Crippen LogP) is 2.50. The summed E-state index contributed by atoms with van der Waals surface area (Å²) < 4.78 is 13.1. The molecule has 2 rings (SSSR count). The van der Waals surface area contributed by atoms with Crippen LogP contribution in [0.2, 0.25) is 0 Å². The molecule has 0 aliphatic rings. The molecule has 2 aromatic rings. The van der Waals surface area contributed by atoms with Crippen molar-refractivity contribution in [2.75, 3.05) is 6.54 Å². The summed E-state index contributed by atoms with van der Waals surface area (Å²) in [6, 6.07) is 8.42. The lowest BCUT2D eigenvalue weighted by atomic mass is 10.1. The van der Waals surface area contributed by atoms with E-state index >= 15 is 0 Å². The lowest BCUT2D eigenvalue weighted by Crippen LogP contribution is -2.25. The Balaban J connectivity index is 1.87. The Morgan fingerprint density at radius 2 is 2.21 bits per heavy atom. The van der Waals surface area contributed by atoms with E-state index in [-0.39, 0.29) is 11.7 Å². The first-order valence-corrected chi connectivity index (χ1v) is 6.10. The van der Waals surface area contributed by atoms with Gasteiger partial charge in [-0.25, -0.2) is 4.39 Å². The SMILES string of the molecule is Cc1cc(CCNC(=O)c2cccnc2)ccc1F. The number of carbonyl (C=O) groups is 1. The number of carbonyl (C=O) groups excluding carboxylic acids is 1. The minimum absolute atomic E-state index is 0.146. The average Bonchev–Trinajstić information content (AvgIpc) is 2.43. The minimum Gasteiger partial charge on any atom is -0.352 e. The fraction of sp³-hybridized carbons (Fsp3) is 0.200. The number of nitrogens with one attached hydrogen (secondary N) is 1. The third kappa shape index (κ3) is 3.61. The molecule has 0 spiro atoms. The van der Waals surface area contributed by atoms with E-state index in [4.69, 9.17) is 0 Å². The van der Waals surface area contributed by atoms with E-state index in [0.717, 1.165) is 5.56 Å². The molecular formula is C15H15FN2O. The first kappa shape index (κ1) is 13.2. The molecule has 1 aromatic heterocycles. The molecule has 1 aromatic carbocycles. The van der Waals surface area contributed by atoms with Gasteiger partial charge in [0.15, 0.2) is 0 Å². The van der Waals surface area contributed by atoms with E-state index < -0.39 is 0 Å². The van der Waals surface area contributed by atoms with Crippen molar-refractivity contribution in [3.05, 3.63) is 65.2 Å². The summed E-state index contributed by atoms with van der Waals surface area (Å²) in [7, 11) is 0. The first-order valence-electron chi connectivity index (χ1n) is 6.10. The molecule has 0 unspecified atom stereocenters. The number of rotatable bonds is 4. The number of halogens is 1.